The highest BCUT2D eigenvalue weighted by atomic mass is 16.1. The molecule has 0 saturated heterocycles. The second kappa shape index (κ2) is 4.93. The molecule has 0 bridgehead atoms. The Hall–Kier alpha value is -1.36. The van der Waals surface area contributed by atoms with E-state index in [4.69, 9.17) is 0 Å². The van der Waals surface area contributed by atoms with Gasteiger partial charge in [0.2, 0.25) is 0 Å². The Kier molecular flexibility index (Phi) is 3.85. The van der Waals surface area contributed by atoms with Crippen molar-refractivity contribution in [2.45, 2.75) is 13.0 Å². The van der Waals surface area contributed by atoms with Gasteiger partial charge in [0.25, 0.3) is 5.56 Å². The minimum atomic E-state index is -0.0943. The first-order valence-electron chi connectivity index (χ1n) is 4.93. The van der Waals surface area contributed by atoms with Crippen LogP contribution in [0.15, 0.2) is 17.2 Å². The van der Waals surface area contributed by atoms with E-state index < -0.39 is 0 Å². The van der Waals surface area contributed by atoms with Crippen molar-refractivity contribution >= 4 is 5.82 Å². The van der Waals surface area contributed by atoms with Crippen LogP contribution in [0, 0.1) is 0 Å². The maximum atomic E-state index is 11.6. The molecule has 1 unspecified atom stereocenters. The minimum absolute atomic E-state index is 0.0943. The van der Waals surface area contributed by atoms with Gasteiger partial charge in [-0.3, -0.25) is 4.79 Å². The summed E-state index contributed by atoms with van der Waals surface area (Å²) in [4.78, 5) is 17.7. The van der Waals surface area contributed by atoms with E-state index in [1.165, 1.54) is 4.57 Å². The molecule has 1 aromatic rings. The summed E-state index contributed by atoms with van der Waals surface area (Å²) in [6.45, 7) is 2.88. The molecule has 0 saturated carbocycles. The maximum Gasteiger partial charge on any atom is 0.293 e. The lowest BCUT2D eigenvalue weighted by Gasteiger charge is -2.18. The molecule has 1 heterocycles. The fraction of sp³-hybridized carbons (Fsp3) is 0.600. The number of hydrogen-bond donors (Lipinski definition) is 1. The second-order valence-electron chi connectivity index (χ2n) is 4.00. The van der Waals surface area contributed by atoms with Gasteiger partial charge < -0.3 is 14.8 Å². The quantitative estimate of drug-likeness (QED) is 0.768. The first-order valence-corrected chi connectivity index (χ1v) is 4.93. The predicted octanol–water partition coefficient (Wildman–Crippen LogP) is 0.142. The Morgan fingerprint density at radius 3 is 2.87 bits per heavy atom. The molecule has 15 heavy (non-hydrogen) atoms. The Labute approximate surface area is 89.7 Å². The van der Waals surface area contributed by atoms with E-state index in [1.54, 1.807) is 19.4 Å². The topological polar surface area (TPSA) is 50.2 Å². The van der Waals surface area contributed by atoms with Gasteiger partial charge in [-0.2, -0.15) is 0 Å². The summed E-state index contributed by atoms with van der Waals surface area (Å²) in [5.41, 5.74) is -0.0943. The average Bonchev–Trinajstić information content (AvgIpc) is 2.11. The highest BCUT2D eigenvalue weighted by molar-refractivity contribution is 5.31. The van der Waals surface area contributed by atoms with E-state index >= 15 is 0 Å². The Morgan fingerprint density at radius 1 is 1.60 bits per heavy atom. The van der Waals surface area contributed by atoms with Crippen molar-refractivity contribution < 1.29 is 0 Å². The van der Waals surface area contributed by atoms with Crippen molar-refractivity contribution in [1.82, 2.24) is 14.5 Å². The zero-order valence-electron chi connectivity index (χ0n) is 9.69. The van der Waals surface area contributed by atoms with Crippen LogP contribution in [0.1, 0.15) is 6.92 Å². The van der Waals surface area contributed by atoms with E-state index in [2.05, 4.69) is 15.2 Å². The average molecular weight is 210 g/mol. The van der Waals surface area contributed by atoms with Gasteiger partial charge in [0, 0.05) is 32.0 Å². The van der Waals surface area contributed by atoms with Gasteiger partial charge in [-0.1, -0.05) is 0 Å². The largest absolute Gasteiger partial charge is 0.362 e. The molecular formula is C10H18N4O. The SMILES string of the molecule is CC(CN(C)C)Nc1nccn(C)c1=O. The number of aromatic nitrogens is 2. The summed E-state index contributed by atoms with van der Waals surface area (Å²) in [5, 5.41) is 3.10. The first kappa shape index (κ1) is 11.7. The van der Waals surface area contributed by atoms with Gasteiger partial charge in [-0.25, -0.2) is 4.98 Å². The van der Waals surface area contributed by atoms with Gasteiger partial charge in [0.15, 0.2) is 5.82 Å². The summed E-state index contributed by atoms with van der Waals surface area (Å²) in [5.74, 6) is 0.411. The molecule has 0 spiro atoms. The lowest BCUT2D eigenvalue weighted by Crippen LogP contribution is -2.33. The molecule has 5 heteroatoms. The molecule has 0 amide bonds. The summed E-state index contributed by atoms with van der Waals surface area (Å²) in [6, 6.07) is 0.197. The number of anilines is 1. The van der Waals surface area contributed by atoms with Gasteiger partial charge in [-0.15, -0.1) is 0 Å². The Balaban J connectivity index is 2.73. The standard InChI is InChI=1S/C10H18N4O/c1-8(7-13(2)3)12-9-10(15)14(4)6-5-11-9/h5-6,8H,7H2,1-4H3,(H,11,12). The highest BCUT2D eigenvalue weighted by Gasteiger charge is 2.07. The Morgan fingerprint density at radius 2 is 2.27 bits per heavy atom. The molecule has 1 N–H and O–H groups in total. The number of rotatable bonds is 4. The van der Waals surface area contributed by atoms with E-state index in [0.29, 0.717) is 5.82 Å². The van der Waals surface area contributed by atoms with Crippen LogP contribution in [0.25, 0.3) is 0 Å². The van der Waals surface area contributed by atoms with Gasteiger partial charge >= 0.3 is 0 Å². The van der Waals surface area contributed by atoms with Crippen molar-refractivity contribution in [2.75, 3.05) is 26.0 Å². The molecule has 0 aromatic carbocycles. The highest BCUT2D eigenvalue weighted by Crippen LogP contribution is 1.96. The first-order chi connectivity index (χ1) is 7.00. The molecule has 0 fully saturated rings. The van der Waals surface area contributed by atoms with Gasteiger partial charge in [0.1, 0.15) is 0 Å². The molecule has 0 aliphatic heterocycles. The predicted molar refractivity (Wildman–Crippen MR) is 61.1 cm³/mol. The smallest absolute Gasteiger partial charge is 0.293 e. The van der Waals surface area contributed by atoms with Crippen LogP contribution in [-0.2, 0) is 7.05 Å². The zero-order valence-corrected chi connectivity index (χ0v) is 9.69. The second-order valence-corrected chi connectivity index (χ2v) is 4.00. The number of nitrogens with one attached hydrogen (secondary N) is 1. The van der Waals surface area contributed by atoms with E-state index in [-0.39, 0.29) is 11.6 Å². The maximum absolute atomic E-state index is 11.6. The summed E-state index contributed by atoms with van der Waals surface area (Å²) >= 11 is 0. The fourth-order valence-corrected chi connectivity index (χ4v) is 1.42. The molecule has 1 atom stereocenters. The number of likely N-dealkylation sites (N-methyl/N-ethyl adjacent to an activating group) is 1. The fourth-order valence-electron chi connectivity index (χ4n) is 1.42. The molecule has 1 rings (SSSR count). The van der Waals surface area contributed by atoms with Crippen molar-refractivity contribution in [3.05, 3.63) is 22.7 Å². The molecule has 0 aliphatic carbocycles. The van der Waals surface area contributed by atoms with Crippen molar-refractivity contribution in [2.24, 2.45) is 7.05 Å². The van der Waals surface area contributed by atoms with Crippen molar-refractivity contribution in [3.8, 4) is 0 Å². The van der Waals surface area contributed by atoms with Gasteiger partial charge in [0.05, 0.1) is 0 Å². The normalized spacial score (nSPS) is 12.9. The van der Waals surface area contributed by atoms with Crippen molar-refractivity contribution in [3.63, 3.8) is 0 Å². The number of hydrogen-bond acceptors (Lipinski definition) is 4. The summed E-state index contributed by atoms with van der Waals surface area (Å²) < 4.78 is 1.51. The van der Waals surface area contributed by atoms with Crippen LogP contribution in [0.2, 0.25) is 0 Å². The van der Waals surface area contributed by atoms with Crippen LogP contribution in [0.4, 0.5) is 5.82 Å². The van der Waals surface area contributed by atoms with Gasteiger partial charge in [-0.05, 0) is 21.0 Å². The third-order valence-corrected chi connectivity index (χ3v) is 2.04. The molecular weight excluding hydrogens is 192 g/mol. The van der Waals surface area contributed by atoms with Crippen LogP contribution in [0.3, 0.4) is 0 Å². The van der Waals surface area contributed by atoms with Crippen LogP contribution >= 0.6 is 0 Å². The lowest BCUT2D eigenvalue weighted by molar-refractivity contribution is 0.391. The summed E-state index contributed by atoms with van der Waals surface area (Å²) in [7, 11) is 5.70. The molecule has 5 nitrogen and oxygen atoms in total. The van der Waals surface area contributed by atoms with Crippen molar-refractivity contribution in [1.29, 1.82) is 0 Å². The molecule has 0 radical (unpaired) electrons. The van der Waals surface area contributed by atoms with Crippen LogP contribution < -0.4 is 10.9 Å². The lowest BCUT2D eigenvalue weighted by atomic mass is 10.3. The third kappa shape index (κ3) is 3.36. The zero-order chi connectivity index (χ0) is 11.4. The molecule has 84 valence electrons. The van der Waals surface area contributed by atoms with E-state index in [9.17, 15) is 4.79 Å². The summed E-state index contributed by atoms with van der Waals surface area (Å²) in [6.07, 6.45) is 3.26. The minimum Gasteiger partial charge on any atom is -0.362 e. The van der Waals surface area contributed by atoms with Crippen LogP contribution in [0.5, 0.6) is 0 Å². The third-order valence-electron chi connectivity index (χ3n) is 2.04. The molecule has 0 aliphatic rings. The van der Waals surface area contributed by atoms with E-state index in [0.717, 1.165) is 6.54 Å². The number of nitrogens with zero attached hydrogens (tertiary/aromatic N) is 3. The van der Waals surface area contributed by atoms with E-state index in [1.807, 2.05) is 21.0 Å². The number of aryl methyl sites for hydroxylation is 1. The van der Waals surface area contributed by atoms with Crippen LogP contribution in [-0.4, -0.2) is 41.1 Å². The molecule has 1 aromatic heterocycles. The Bertz CT molecular complexity index is 372. The monoisotopic (exact) mass is 210 g/mol.